The molecule has 122 valence electrons. The van der Waals surface area contributed by atoms with Gasteiger partial charge in [0.05, 0.1) is 0 Å². The van der Waals surface area contributed by atoms with Gasteiger partial charge in [0.25, 0.3) is 0 Å². The third-order valence-corrected chi connectivity index (χ3v) is 10.2. The number of hydrogen-bond acceptors (Lipinski definition) is 2. The second kappa shape index (κ2) is 3.92. The minimum absolute atomic E-state index is 0.414. The largest absolute Gasteiger partial charge is 0.172 e. The highest BCUT2D eigenvalue weighted by atomic mass is 32.1. The predicted octanol–water partition coefficient (Wildman–Crippen LogP) is 5.52. The molecule has 8 bridgehead atoms. The molecule has 0 heterocycles. The molecular weight excluding hydrogens is 304 g/mol. The lowest BCUT2D eigenvalue weighted by Crippen LogP contribution is -2.65. The fourth-order valence-electron chi connectivity index (χ4n) is 9.67. The van der Waals surface area contributed by atoms with E-state index in [1.165, 1.54) is 38.5 Å². The summed E-state index contributed by atoms with van der Waals surface area (Å²) in [6.45, 7) is 0. The van der Waals surface area contributed by atoms with Crippen molar-refractivity contribution in [3.05, 3.63) is 0 Å². The van der Waals surface area contributed by atoms with E-state index in [1.54, 1.807) is 38.5 Å². The monoisotopic (exact) mass is 334 g/mol. The van der Waals surface area contributed by atoms with Crippen molar-refractivity contribution in [3.8, 4) is 0 Å². The van der Waals surface area contributed by atoms with E-state index in [2.05, 4.69) is 0 Å². The lowest BCUT2D eigenvalue weighted by molar-refractivity contribution is -0.187. The minimum Gasteiger partial charge on any atom is -0.172 e. The fraction of sp³-hybridized carbons (Fsp3) is 1.00. The first-order chi connectivity index (χ1) is 10.4. The first-order valence-electron chi connectivity index (χ1n) is 9.84. The van der Waals surface area contributed by atoms with Crippen LogP contribution in [0.3, 0.4) is 0 Å². The summed E-state index contributed by atoms with van der Waals surface area (Å²) in [7, 11) is 0. The van der Waals surface area contributed by atoms with Gasteiger partial charge in [0.15, 0.2) is 0 Å². The van der Waals surface area contributed by atoms with Gasteiger partial charge in [-0.25, -0.2) is 0 Å². The Kier molecular flexibility index (Phi) is 2.48. The SMILES string of the molecule is SC12C[C@H]3C[C@@H](C1)CC(C14C[C@@H]5C[C@@H](CC(S)(C5)C1)C4)(C3)C2. The Balaban J connectivity index is 1.46. The molecule has 0 aromatic heterocycles. The summed E-state index contributed by atoms with van der Waals surface area (Å²) < 4.78 is 0.828. The summed E-state index contributed by atoms with van der Waals surface area (Å²) in [4.78, 5) is 0. The zero-order valence-electron chi connectivity index (χ0n) is 13.7. The molecule has 0 radical (unpaired) electrons. The highest BCUT2D eigenvalue weighted by Gasteiger charge is 2.68. The maximum absolute atomic E-state index is 5.28. The molecule has 4 unspecified atom stereocenters. The quantitative estimate of drug-likeness (QED) is 0.579. The molecule has 0 saturated heterocycles. The third kappa shape index (κ3) is 1.65. The zero-order valence-corrected chi connectivity index (χ0v) is 15.5. The average Bonchev–Trinajstić information content (AvgIpc) is 2.31. The van der Waals surface area contributed by atoms with Crippen LogP contribution in [0.4, 0.5) is 0 Å². The van der Waals surface area contributed by atoms with Gasteiger partial charge in [0.1, 0.15) is 0 Å². The molecule has 8 atom stereocenters. The molecule has 0 amide bonds. The summed E-state index contributed by atoms with van der Waals surface area (Å²) in [5.74, 6) is 4.07. The van der Waals surface area contributed by atoms with Crippen LogP contribution >= 0.6 is 25.3 Å². The van der Waals surface area contributed by atoms with Crippen LogP contribution in [0.25, 0.3) is 0 Å². The van der Waals surface area contributed by atoms with Crippen molar-refractivity contribution < 1.29 is 0 Å². The topological polar surface area (TPSA) is 0 Å². The maximum Gasteiger partial charge on any atom is 0.0140 e. The highest BCUT2D eigenvalue weighted by Crippen LogP contribution is 2.77. The zero-order chi connectivity index (χ0) is 14.8. The molecule has 0 aromatic rings. The summed E-state index contributed by atoms with van der Waals surface area (Å²) in [6, 6.07) is 0. The van der Waals surface area contributed by atoms with Crippen molar-refractivity contribution in [1.82, 2.24) is 0 Å². The average molecular weight is 335 g/mol. The van der Waals surface area contributed by atoms with Crippen LogP contribution in [0.5, 0.6) is 0 Å². The smallest absolute Gasteiger partial charge is 0.0140 e. The second-order valence-electron chi connectivity index (χ2n) is 10.9. The Labute approximate surface area is 146 Å². The first-order valence-corrected chi connectivity index (χ1v) is 10.7. The Bertz CT molecular complexity index is 462. The molecular formula is C20H30S2. The molecule has 0 aliphatic heterocycles. The third-order valence-electron chi connectivity index (χ3n) is 9.19. The standard InChI is InChI=1S/C20H30S2/c21-19-7-13-1-14(8-19)4-17(3-13,11-19)18-5-15-2-16(6-18)10-20(22,9-15)12-18/h13-16,21-22H,1-12H2/t13-,14+,15-,16+,17?,18?,19?,20?. The summed E-state index contributed by atoms with van der Waals surface area (Å²) in [5, 5.41) is 0. The van der Waals surface area contributed by atoms with E-state index in [9.17, 15) is 0 Å². The van der Waals surface area contributed by atoms with Gasteiger partial charge in [0.2, 0.25) is 0 Å². The van der Waals surface area contributed by atoms with Crippen LogP contribution < -0.4 is 0 Å². The van der Waals surface area contributed by atoms with Gasteiger partial charge in [-0.3, -0.25) is 0 Å². The Morgan fingerprint density at radius 1 is 0.500 bits per heavy atom. The van der Waals surface area contributed by atoms with E-state index in [0.717, 1.165) is 23.7 Å². The second-order valence-corrected chi connectivity index (χ2v) is 12.8. The van der Waals surface area contributed by atoms with Gasteiger partial charge in [-0.1, -0.05) is 0 Å². The molecule has 2 heteroatoms. The molecule has 0 spiro atoms. The molecule has 0 nitrogen and oxygen atoms in total. The fourth-order valence-corrected chi connectivity index (χ4v) is 11.3. The van der Waals surface area contributed by atoms with Crippen molar-refractivity contribution in [1.29, 1.82) is 0 Å². The molecule has 0 N–H and O–H groups in total. The van der Waals surface area contributed by atoms with E-state index < -0.39 is 0 Å². The van der Waals surface area contributed by atoms with Crippen LogP contribution in [0, 0.1) is 34.5 Å². The van der Waals surface area contributed by atoms with E-state index in [0.29, 0.717) is 20.3 Å². The molecule has 8 rings (SSSR count). The highest BCUT2D eigenvalue weighted by molar-refractivity contribution is 7.82. The van der Waals surface area contributed by atoms with Crippen LogP contribution in [0.15, 0.2) is 0 Å². The van der Waals surface area contributed by atoms with Gasteiger partial charge in [0, 0.05) is 9.49 Å². The Morgan fingerprint density at radius 2 is 0.818 bits per heavy atom. The molecule has 8 fully saturated rings. The molecule has 8 aliphatic carbocycles. The summed E-state index contributed by atoms with van der Waals surface area (Å²) in [6.07, 6.45) is 18.0. The number of thiol groups is 2. The van der Waals surface area contributed by atoms with Crippen LogP contribution in [0.2, 0.25) is 0 Å². The Hall–Kier alpha value is 0.700. The summed E-state index contributed by atoms with van der Waals surface area (Å²) >= 11 is 10.6. The van der Waals surface area contributed by atoms with Gasteiger partial charge in [-0.2, -0.15) is 25.3 Å². The van der Waals surface area contributed by atoms with E-state index in [4.69, 9.17) is 25.3 Å². The normalized spacial score (nSPS) is 67.9. The lowest BCUT2D eigenvalue weighted by Gasteiger charge is -2.73. The van der Waals surface area contributed by atoms with Crippen molar-refractivity contribution in [2.45, 2.75) is 86.5 Å². The van der Waals surface area contributed by atoms with Gasteiger partial charge in [-0.05, 0) is 112 Å². The van der Waals surface area contributed by atoms with Gasteiger partial charge < -0.3 is 0 Å². The van der Waals surface area contributed by atoms with Gasteiger partial charge in [-0.15, -0.1) is 0 Å². The number of rotatable bonds is 1. The first kappa shape index (κ1) is 13.9. The molecule has 8 saturated carbocycles. The maximum atomic E-state index is 5.28. The lowest BCUT2D eigenvalue weighted by atomic mass is 9.35. The van der Waals surface area contributed by atoms with E-state index >= 15 is 0 Å². The van der Waals surface area contributed by atoms with E-state index in [1.807, 2.05) is 0 Å². The van der Waals surface area contributed by atoms with Crippen LogP contribution in [0.1, 0.15) is 77.0 Å². The van der Waals surface area contributed by atoms with Crippen molar-refractivity contribution in [3.63, 3.8) is 0 Å². The van der Waals surface area contributed by atoms with Crippen LogP contribution in [-0.4, -0.2) is 9.49 Å². The molecule has 8 aliphatic rings. The van der Waals surface area contributed by atoms with Crippen LogP contribution in [-0.2, 0) is 0 Å². The van der Waals surface area contributed by atoms with E-state index in [-0.39, 0.29) is 0 Å². The molecule has 0 aromatic carbocycles. The van der Waals surface area contributed by atoms with Crippen molar-refractivity contribution in [2.24, 2.45) is 34.5 Å². The Morgan fingerprint density at radius 3 is 1.09 bits per heavy atom. The predicted molar refractivity (Wildman–Crippen MR) is 97.7 cm³/mol. The summed E-state index contributed by atoms with van der Waals surface area (Å²) in [5.41, 5.74) is 1.34. The number of hydrogen-bond donors (Lipinski definition) is 2. The van der Waals surface area contributed by atoms with Crippen molar-refractivity contribution >= 4 is 25.3 Å². The van der Waals surface area contributed by atoms with Gasteiger partial charge >= 0.3 is 0 Å². The minimum atomic E-state index is 0.414. The molecule has 22 heavy (non-hydrogen) atoms. The van der Waals surface area contributed by atoms with Crippen molar-refractivity contribution in [2.75, 3.05) is 0 Å².